The highest BCUT2D eigenvalue weighted by Crippen LogP contribution is 2.55. The van der Waals surface area contributed by atoms with Crippen LogP contribution < -0.4 is 0 Å². The van der Waals surface area contributed by atoms with Gasteiger partial charge in [0, 0.05) is 0 Å². The molecule has 3 heteroatoms. The fourth-order valence-electron chi connectivity index (χ4n) is 7.14. The lowest BCUT2D eigenvalue weighted by Crippen LogP contribution is -2.61. The Labute approximate surface area is 170 Å². The van der Waals surface area contributed by atoms with Gasteiger partial charge in [0.05, 0.1) is 12.0 Å². The van der Waals surface area contributed by atoms with Crippen molar-refractivity contribution in [2.75, 3.05) is 0 Å². The first-order valence-corrected chi connectivity index (χ1v) is 12.2. The number of rotatable bonds is 5. The molecule has 1 aliphatic heterocycles. The maximum Gasteiger partial charge on any atom is 0.361 e. The van der Waals surface area contributed by atoms with E-state index in [0.29, 0.717) is 11.8 Å². The number of hydrogen-bond acceptors (Lipinski definition) is 1. The van der Waals surface area contributed by atoms with Crippen LogP contribution in [-0.4, -0.2) is 12.2 Å². The van der Waals surface area contributed by atoms with Gasteiger partial charge in [0.15, 0.2) is 0 Å². The summed E-state index contributed by atoms with van der Waals surface area (Å²) in [5.74, 6) is 3.17. The Hall–Kier alpha value is -0.440. The summed E-state index contributed by atoms with van der Waals surface area (Å²) in [6.07, 6.45) is 14.4. The molecule has 1 heterocycles. The predicted octanol–water partition coefficient (Wildman–Crippen LogP) is 7.61. The normalized spacial score (nSPS) is 46.5. The van der Waals surface area contributed by atoms with Crippen LogP contribution in [0.1, 0.15) is 90.4 Å². The van der Waals surface area contributed by atoms with Gasteiger partial charge in [0.1, 0.15) is 0 Å². The van der Waals surface area contributed by atoms with Crippen molar-refractivity contribution >= 4 is 0 Å². The van der Waals surface area contributed by atoms with Crippen LogP contribution in [0.2, 0.25) is 0 Å². The molecule has 2 atom stereocenters. The van der Waals surface area contributed by atoms with Crippen LogP contribution in [0.4, 0.5) is 8.78 Å². The molecule has 0 aromatic heterocycles. The summed E-state index contributed by atoms with van der Waals surface area (Å²) >= 11 is 0. The topological polar surface area (TPSA) is 9.23 Å². The van der Waals surface area contributed by atoms with E-state index in [9.17, 15) is 8.78 Å². The Morgan fingerprint density at radius 3 is 1.79 bits per heavy atom. The summed E-state index contributed by atoms with van der Waals surface area (Å²) in [5, 5.41) is 0. The molecule has 0 aromatic carbocycles. The van der Waals surface area contributed by atoms with Crippen LogP contribution in [0.5, 0.6) is 0 Å². The highest BCUT2D eigenvalue weighted by Gasteiger charge is 2.62. The lowest BCUT2D eigenvalue weighted by Gasteiger charge is -2.53. The van der Waals surface area contributed by atoms with E-state index in [2.05, 4.69) is 19.6 Å². The molecule has 0 aromatic rings. The molecule has 0 bridgehead atoms. The zero-order valence-corrected chi connectivity index (χ0v) is 17.8. The third-order valence-corrected chi connectivity index (χ3v) is 9.11. The monoisotopic (exact) mass is 394 g/mol. The highest BCUT2D eigenvalue weighted by atomic mass is 19.3. The van der Waals surface area contributed by atoms with Crippen molar-refractivity contribution in [1.82, 2.24) is 0 Å². The zero-order valence-electron chi connectivity index (χ0n) is 17.8. The van der Waals surface area contributed by atoms with Gasteiger partial charge in [-0.2, -0.15) is 8.78 Å². The molecule has 4 fully saturated rings. The molecule has 0 unspecified atom stereocenters. The van der Waals surface area contributed by atoms with Gasteiger partial charge in [-0.3, -0.25) is 0 Å². The minimum atomic E-state index is -2.87. The molecular formula is C25H40F2O. The molecule has 0 N–H and O–H groups in total. The molecule has 0 radical (unpaired) electrons. The molecule has 3 aliphatic carbocycles. The van der Waals surface area contributed by atoms with Gasteiger partial charge >= 0.3 is 6.11 Å². The second-order valence-corrected chi connectivity index (χ2v) is 10.4. The molecule has 160 valence electrons. The minimum absolute atomic E-state index is 0.169. The smallest absolute Gasteiger partial charge is 0.316 e. The van der Waals surface area contributed by atoms with Gasteiger partial charge < -0.3 is 4.74 Å². The SMILES string of the molecule is C=CC1CCC(C2CCC([C@H]3[C@H](C4CCC(CC)CC4)OC3(F)F)CC2)CC1. The van der Waals surface area contributed by atoms with Crippen molar-refractivity contribution in [3.8, 4) is 0 Å². The van der Waals surface area contributed by atoms with E-state index >= 15 is 0 Å². The van der Waals surface area contributed by atoms with Crippen molar-refractivity contribution in [1.29, 1.82) is 0 Å². The molecule has 1 saturated heterocycles. The Morgan fingerprint density at radius 1 is 0.786 bits per heavy atom. The van der Waals surface area contributed by atoms with E-state index in [-0.39, 0.29) is 12.0 Å². The number of halogens is 2. The summed E-state index contributed by atoms with van der Waals surface area (Å²) in [5.41, 5.74) is 0. The Balaban J connectivity index is 1.29. The molecule has 0 spiro atoms. The van der Waals surface area contributed by atoms with Crippen LogP contribution in [0, 0.1) is 41.4 Å². The van der Waals surface area contributed by atoms with Crippen LogP contribution >= 0.6 is 0 Å². The van der Waals surface area contributed by atoms with Gasteiger partial charge in [-0.1, -0.05) is 32.3 Å². The van der Waals surface area contributed by atoms with E-state index < -0.39 is 12.0 Å². The van der Waals surface area contributed by atoms with Crippen molar-refractivity contribution in [3.63, 3.8) is 0 Å². The Bertz CT molecular complexity index is 509. The molecule has 1 nitrogen and oxygen atoms in total. The average Bonchev–Trinajstić information content (AvgIpc) is 2.73. The maximum atomic E-state index is 14.4. The largest absolute Gasteiger partial charge is 0.361 e. The fourth-order valence-corrected chi connectivity index (χ4v) is 7.14. The summed E-state index contributed by atoms with van der Waals surface area (Å²) in [7, 11) is 0. The summed E-state index contributed by atoms with van der Waals surface area (Å²) in [4.78, 5) is 0. The van der Waals surface area contributed by atoms with Gasteiger partial charge in [-0.15, -0.1) is 6.58 Å². The lowest BCUT2D eigenvalue weighted by atomic mass is 9.63. The number of hydrogen-bond donors (Lipinski definition) is 0. The fraction of sp³-hybridized carbons (Fsp3) is 0.920. The number of ether oxygens (including phenoxy) is 1. The van der Waals surface area contributed by atoms with Crippen LogP contribution in [-0.2, 0) is 4.74 Å². The van der Waals surface area contributed by atoms with E-state index in [1.165, 1.54) is 44.9 Å². The minimum Gasteiger partial charge on any atom is -0.316 e. The first-order chi connectivity index (χ1) is 13.5. The summed E-state index contributed by atoms with van der Waals surface area (Å²) < 4.78 is 34.1. The second-order valence-electron chi connectivity index (χ2n) is 10.4. The van der Waals surface area contributed by atoms with Crippen molar-refractivity contribution in [2.45, 2.75) is 103 Å². The lowest BCUT2D eigenvalue weighted by molar-refractivity contribution is -0.418. The number of alkyl halides is 2. The van der Waals surface area contributed by atoms with E-state index in [1.54, 1.807) is 0 Å². The molecule has 0 amide bonds. The Kier molecular flexibility index (Phi) is 6.50. The van der Waals surface area contributed by atoms with Crippen LogP contribution in [0.15, 0.2) is 12.7 Å². The van der Waals surface area contributed by atoms with E-state index in [0.717, 1.165) is 56.3 Å². The molecule has 4 aliphatic rings. The average molecular weight is 395 g/mol. The van der Waals surface area contributed by atoms with Gasteiger partial charge in [-0.25, -0.2) is 0 Å². The van der Waals surface area contributed by atoms with Crippen LogP contribution in [0.3, 0.4) is 0 Å². The van der Waals surface area contributed by atoms with E-state index in [1.807, 2.05) is 0 Å². The standard InChI is InChI=1S/C25H40F2O/c1-3-17-5-9-19(10-6-17)20-13-15-21(16-14-20)23-24(28-25(23,26)27)22-11-7-18(4-2)8-12-22/h3,17-24H,1,4-16H2,2H3/t17?,18?,19?,20?,21?,22?,23-,24-/m0/s1. The van der Waals surface area contributed by atoms with Crippen LogP contribution in [0.25, 0.3) is 0 Å². The Morgan fingerprint density at radius 2 is 1.29 bits per heavy atom. The zero-order chi connectivity index (χ0) is 19.7. The maximum absolute atomic E-state index is 14.4. The quantitative estimate of drug-likeness (QED) is 0.436. The molecule has 3 saturated carbocycles. The van der Waals surface area contributed by atoms with Gasteiger partial charge in [0.2, 0.25) is 0 Å². The number of allylic oxidation sites excluding steroid dienone is 1. The first kappa shape index (κ1) is 20.8. The van der Waals surface area contributed by atoms with Crippen molar-refractivity contribution in [3.05, 3.63) is 12.7 Å². The first-order valence-electron chi connectivity index (χ1n) is 12.2. The second kappa shape index (κ2) is 8.74. The predicted molar refractivity (Wildman–Crippen MR) is 110 cm³/mol. The van der Waals surface area contributed by atoms with Gasteiger partial charge in [0.25, 0.3) is 0 Å². The third kappa shape index (κ3) is 4.20. The molecular weight excluding hydrogens is 354 g/mol. The summed E-state index contributed by atoms with van der Waals surface area (Å²) in [6, 6.07) is 0. The van der Waals surface area contributed by atoms with E-state index in [4.69, 9.17) is 4.74 Å². The van der Waals surface area contributed by atoms with Crippen molar-refractivity contribution in [2.24, 2.45) is 41.4 Å². The third-order valence-electron chi connectivity index (χ3n) is 9.11. The highest BCUT2D eigenvalue weighted by molar-refractivity contribution is 4.98. The van der Waals surface area contributed by atoms with Crippen molar-refractivity contribution < 1.29 is 13.5 Å². The summed E-state index contributed by atoms with van der Waals surface area (Å²) in [6.45, 7) is 6.21. The molecule has 28 heavy (non-hydrogen) atoms. The molecule has 4 rings (SSSR count). The van der Waals surface area contributed by atoms with Gasteiger partial charge in [-0.05, 0) is 99.7 Å².